The first-order chi connectivity index (χ1) is 13.7. The first-order valence-electron chi connectivity index (χ1n) is 9.88. The summed E-state index contributed by atoms with van der Waals surface area (Å²) in [7, 11) is 0. The number of carbonyl (C=O) groups excluding carboxylic acids is 1. The zero-order valence-electron chi connectivity index (χ0n) is 15.9. The Hall–Kier alpha value is -2.02. The quantitative estimate of drug-likeness (QED) is 0.832. The summed E-state index contributed by atoms with van der Waals surface area (Å²) in [5, 5.41) is 3.84. The van der Waals surface area contributed by atoms with E-state index in [4.69, 9.17) is 21.3 Å². The summed E-state index contributed by atoms with van der Waals surface area (Å²) < 4.78 is 5.42. The molecule has 0 radical (unpaired) electrons. The van der Waals surface area contributed by atoms with Crippen LogP contribution in [0.3, 0.4) is 0 Å². The van der Waals surface area contributed by atoms with Crippen LogP contribution < -0.4 is 10.2 Å². The maximum Gasteiger partial charge on any atom is 0.143 e. The monoisotopic (exact) mass is 400 g/mol. The number of Topliss-reactive ketones (excluding diaryl/α,β-unsaturated/α-hetero) is 1. The maximum atomic E-state index is 12.6. The lowest BCUT2D eigenvalue weighted by atomic mass is 9.92. The van der Waals surface area contributed by atoms with Gasteiger partial charge in [-0.2, -0.15) is 0 Å². The highest BCUT2D eigenvalue weighted by Crippen LogP contribution is 2.28. The average Bonchev–Trinajstić information content (AvgIpc) is 2.76. The fraction of sp³-hybridized carbons (Fsp3) is 0.476. The molecule has 2 aliphatic rings. The first kappa shape index (κ1) is 19.3. The predicted molar refractivity (Wildman–Crippen MR) is 110 cm³/mol. The van der Waals surface area contributed by atoms with Crippen LogP contribution in [0.25, 0.3) is 11.3 Å². The Labute approximate surface area is 170 Å². The van der Waals surface area contributed by atoms with E-state index in [0.29, 0.717) is 24.7 Å². The van der Waals surface area contributed by atoms with Crippen LogP contribution in [0.5, 0.6) is 0 Å². The van der Waals surface area contributed by atoms with Gasteiger partial charge in [0.15, 0.2) is 0 Å². The number of morpholine rings is 1. The molecule has 0 unspecified atom stereocenters. The molecule has 0 bridgehead atoms. The van der Waals surface area contributed by atoms with Gasteiger partial charge in [-0.1, -0.05) is 17.7 Å². The first-order valence-corrected chi connectivity index (χ1v) is 10.3. The molecular weight excluding hydrogens is 376 g/mol. The van der Waals surface area contributed by atoms with E-state index in [-0.39, 0.29) is 11.7 Å². The number of anilines is 1. The third-order valence-electron chi connectivity index (χ3n) is 5.36. The lowest BCUT2D eigenvalue weighted by molar-refractivity contribution is -0.122. The number of hydrogen-bond donors (Lipinski definition) is 1. The van der Waals surface area contributed by atoms with Gasteiger partial charge in [0, 0.05) is 49.4 Å². The number of nitrogens with one attached hydrogen (secondary N) is 1. The van der Waals surface area contributed by atoms with Crippen molar-refractivity contribution < 1.29 is 9.53 Å². The van der Waals surface area contributed by atoms with Crippen LogP contribution in [0.15, 0.2) is 30.5 Å². The highest BCUT2D eigenvalue weighted by molar-refractivity contribution is 6.33. The molecule has 0 aromatic carbocycles. The molecule has 1 atom stereocenters. The lowest BCUT2D eigenvalue weighted by Crippen LogP contribution is -2.36. The summed E-state index contributed by atoms with van der Waals surface area (Å²) in [6.07, 6.45) is 3.96. The Morgan fingerprint density at radius 1 is 1.32 bits per heavy atom. The Balaban J connectivity index is 1.54. The molecule has 2 saturated heterocycles. The van der Waals surface area contributed by atoms with Gasteiger partial charge in [-0.05, 0) is 37.6 Å². The van der Waals surface area contributed by atoms with E-state index in [0.717, 1.165) is 61.8 Å². The van der Waals surface area contributed by atoms with Crippen molar-refractivity contribution in [2.24, 2.45) is 5.92 Å². The van der Waals surface area contributed by atoms with E-state index in [9.17, 15) is 4.79 Å². The van der Waals surface area contributed by atoms with Crippen molar-refractivity contribution in [1.82, 2.24) is 15.3 Å². The van der Waals surface area contributed by atoms with Gasteiger partial charge in [-0.15, -0.1) is 0 Å². The fourth-order valence-corrected chi connectivity index (χ4v) is 3.97. The molecule has 0 aliphatic carbocycles. The minimum atomic E-state index is 0.0810. The average molecular weight is 401 g/mol. The second-order valence-electron chi connectivity index (χ2n) is 7.32. The summed E-state index contributed by atoms with van der Waals surface area (Å²) in [6.45, 7) is 4.85. The lowest BCUT2D eigenvalue weighted by Gasteiger charge is -2.28. The molecule has 148 valence electrons. The number of rotatable bonds is 5. The van der Waals surface area contributed by atoms with Gasteiger partial charge >= 0.3 is 0 Å². The van der Waals surface area contributed by atoms with Crippen LogP contribution in [0.4, 0.5) is 5.82 Å². The smallest absolute Gasteiger partial charge is 0.143 e. The molecule has 4 heterocycles. The summed E-state index contributed by atoms with van der Waals surface area (Å²) in [5.41, 5.74) is 2.36. The highest BCUT2D eigenvalue weighted by atomic mass is 35.5. The molecule has 6 nitrogen and oxygen atoms in total. The molecule has 2 aromatic heterocycles. The summed E-state index contributed by atoms with van der Waals surface area (Å²) in [4.78, 5) is 24.0. The van der Waals surface area contributed by atoms with Crippen LogP contribution in [-0.4, -0.2) is 55.1 Å². The SMILES string of the molecule is O=C(Cc1cc(-c2cccc(N3CCOCC3)n2)c(Cl)cn1)[C@@H]1CCCNC1. The third kappa shape index (κ3) is 4.51. The molecule has 28 heavy (non-hydrogen) atoms. The van der Waals surface area contributed by atoms with Crippen molar-refractivity contribution in [2.75, 3.05) is 44.3 Å². The van der Waals surface area contributed by atoms with Gasteiger partial charge in [0.25, 0.3) is 0 Å². The molecule has 2 aromatic rings. The number of pyridine rings is 2. The van der Waals surface area contributed by atoms with E-state index in [2.05, 4.69) is 15.2 Å². The zero-order chi connectivity index (χ0) is 19.3. The van der Waals surface area contributed by atoms with Gasteiger partial charge in [0.2, 0.25) is 0 Å². The van der Waals surface area contributed by atoms with Gasteiger partial charge in [0.05, 0.1) is 23.9 Å². The van der Waals surface area contributed by atoms with Crippen LogP contribution in [0.1, 0.15) is 18.5 Å². The maximum absolute atomic E-state index is 12.6. The van der Waals surface area contributed by atoms with Gasteiger partial charge in [0.1, 0.15) is 11.6 Å². The van der Waals surface area contributed by atoms with Gasteiger partial charge in [-0.3, -0.25) is 9.78 Å². The van der Waals surface area contributed by atoms with Crippen molar-refractivity contribution in [3.05, 3.63) is 41.2 Å². The predicted octanol–water partition coefficient (Wildman–Crippen LogP) is 2.74. The van der Waals surface area contributed by atoms with Crippen LogP contribution in [0, 0.1) is 5.92 Å². The molecule has 1 N–H and O–H groups in total. The van der Waals surface area contributed by atoms with Crippen LogP contribution >= 0.6 is 11.6 Å². The van der Waals surface area contributed by atoms with Gasteiger partial charge in [-0.25, -0.2) is 4.98 Å². The normalized spacial score (nSPS) is 20.2. The molecule has 0 spiro atoms. The Kier molecular flexibility index (Phi) is 6.20. The van der Waals surface area contributed by atoms with E-state index in [1.165, 1.54) is 0 Å². The zero-order valence-corrected chi connectivity index (χ0v) is 16.6. The van der Waals surface area contributed by atoms with E-state index < -0.39 is 0 Å². The topological polar surface area (TPSA) is 67.4 Å². The highest BCUT2D eigenvalue weighted by Gasteiger charge is 2.22. The number of halogens is 1. The van der Waals surface area contributed by atoms with E-state index in [1.807, 2.05) is 24.3 Å². The number of ketones is 1. The summed E-state index contributed by atoms with van der Waals surface area (Å²) >= 11 is 6.42. The second kappa shape index (κ2) is 8.99. The van der Waals surface area contributed by atoms with Gasteiger partial charge < -0.3 is 15.0 Å². The standard InChI is InChI=1S/C21H25ClN4O2/c22-18-14-24-16(12-20(27)15-3-2-6-23-13-15)11-17(18)19-4-1-5-21(25-19)26-7-9-28-10-8-26/h1,4-5,11,14-15,23H,2-3,6-10,12-13H2/t15-/m1/s1. The molecule has 4 rings (SSSR count). The van der Waals surface area contributed by atoms with Crippen LogP contribution in [-0.2, 0) is 16.0 Å². The number of ether oxygens (including phenoxy) is 1. The molecule has 2 aliphatic heterocycles. The van der Waals surface area contributed by atoms with Crippen molar-refractivity contribution >= 4 is 23.2 Å². The van der Waals surface area contributed by atoms with Crippen molar-refractivity contribution in [2.45, 2.75) is 19.3 Å². The molecule has 0 saturated carbocycles. The van der Waals surface area contributed by atoms with Crippen molar-refractivity contribution in [1.29, 1.82) is 0 Å². The van der Waals surface area contributed by atoms with E-state index in [1.54, 1.807) is 6.20 Å². The fourth-order valence-electron chi connectivity index (χ4n) is 3.77. The van der Waals surface area contributed by atoms with E-state index >= 15 is 0 Å². The largest absolute Gasteiger partial charge is 0.378 e. The number of hydrogen-bond acceptors (Lipinski definition) is 6. The molecular formula is C21H25ClN4O2. The van der Waals surface area contributed by atoms with Crippen molar-refractivity contribution in [3.8, 4) is 11.3 Å². The minimum absolute atomic E-state index is 0.0810. The number of nitrogens with zero attached hydrogens (tertiary/aromatic N) is 3. The number of aromatic nitrogens is 2. The molecule has 2 fully saturated rings. The minimum Gasteiger partial charge on any atom is -0.378 e. The molecule has 7 heteroatoms. The Morgan fingerprint density at radius 2 is 2.18 bits per heavy atom. The van der Waals surface area contributed by atoms with Crippen molar-refractivity contribution in [3.63, 3.8) is 0 Å². The molecule has 0 amide bonds. The Bertz CT molecular complexity index is 833. The van der Waals surface area contributed by atoms with Crippen LogP contribution in [0.2, 0.25) is 5.02 Å². The number of piperidine rings is 1. The summed E-state index contributed by atoms with van der Waals surface area (Å²) in [6, 6.07) is 7.84. The number of carbonyl (C=O) groups is 1. The third-order valence-corrected chi connectivity index (χ3v) is 5.67. The Morgan fingerprint density at radius 3 is 2.96 bits per heavy atom. The second-order valence-corrected chi connectivity index (χ2v) is 7.73. The summed E-state index contributed by atoms with van der Waals surface area (Å²) in [5.74, 6) is 1.24.